The zero-order chi connectivity index (χ0) is 13.3. The van der Waals surface area contributed by atoms with Gasteiger partial charge in [0.15, 0.2) is 0 Å². The van der Waals surface area contributed by atoms with E-state index in [1.54, 1.807) is 11.3 Å². The van der Waals surface area contributed by atoms with Gasteiger partial charge in [-0.15, -0.1) is 11.3 Å². The van der Waals surface area contributed by atoms with Crippen molar-refractivity contribution in [1.29, 1.82) is 0 Å². The van der Waals surface area contributed by atoms with Crippen molar-refractivity contribution >= 4 is 11.3 Å². The predicted molar refractivity (Wildman–Crippen MR) is 77.8 cm³/mol. The molecule has 3 nitrogen and oxygen atoms in total. The Labute approximate surface area is 117 Å². The van der Waals surface area contributed by atoms with Crippen LogP contribution in [0, 0.1) is 0 Å². The molecule has 0 aliphatic heterocycles. The largest absolute Gasteiger partial charge is 0.494 e. The number of para-hydroxylation sites is 1. The van der Waals surface area contributed by atoms with Gasteiger partial charge in [-0.25, -0.2) is 4.98 Å². The first-order valence-corrected chi connectivity index (χ1v) is 7.48. The molecule has 1 N–H and O–H groups in total. The second-order valence-corrected chi connectivity index (χ2v) is 5.27. The van der Waals surface area contributed by atoms with Crippen LogP contribution in [0.4, 0.5) is 0 Å². The van der Waals surface area contributed by atoms with Gasteiger partial charge in [-0.05, 0) is 31.4 Å². The number of aryl methyl sites for hydroxylation is 2. The number of aromatic nitrogens is 1. The Morgan fingerprint density at radius 1 is 1.11 bits per heavy atom. The lowest BCUT2D eigenvalue weighted by atomic mass is 10.2. The number of rotatable bonds is 8. The molecule has 2 aromatic rings. The van der Waals surface area contributed by atoms with Gasteiger partial charge in [-0.2, -0.15) is 0 Å². The summed E-state index contributed by atoms with van der Waals surface area (Å²) in [6.07, 6.45) is 3.59. The van der Waals surface area contributed by atoms with E-state index in [-0.39, 0.29) is 6.61 Å². The van der Waals surface area contributed by atoms with Crippen LogP contribution in [0.3, 0.4) is 0 Å². The van der Waals surface area contributed by atoms with Crippen LogP contribution in [-0.2, 0) is 12.8 Å². The van der Waals surface area contributed by atoms with Crippen molar-refractivity contribution in [1.82, 2.24) is 4.98 Å². The minimum atomic E-state index is 0.234. The topological polar surface area (TPSA) is 42.4 Å². The van der Waals surface area contributed by atoms with E-state index in [1.165, 1.54) is 0 Å². The van der Waals surface area contributed by atoms with E-state index in [0.29, 0.717) is 0 Å². The lowest BCUT2D eigenvalue weighted by Gasteiger charge is -2.04. The predicted octanol–water partition coefficient (Wildman–Crippen LogP) is 3.08. The Hall–Kier alpha value is -1.39. The quantitative estimate of drug-likeness (QED) is 0.754. The normalized spacial score (nSPS) is 10.6. The van der Waals surface area contributed by atoms with Gasteiger partial charge < -0.3 is 9.84 Å². The maximum atomic E-state index is 8.78. The van der Waals surface area contributed by atoms with E-state index in [9.17, 15) is 0 Å². The summed E-state index contributed by atoms with van der Waals surface area (Å²) in [6, 6.07) is 9.87. The van der Waals surface area contributed by atoms with E-state index in [0.717, 1.165) is 48.7 Å². The molecule has 102 valence electrons. The van der Waals surface area contributed by atoms with Crippen LogP contribution >= 0.6 is 11.3 Å². The molecule has 0 fully saturated rings. The monoisotopic (exact) mass is 277 g/mol. The summed E-state index contributed by atoms with van der Waals surface area (Å²) in [7, 11) is 0. The van der Waals surface area contributed by atoms with Crippen molar-refractivity contribution in [3.05, 3.63) is 46.4 Å². The van der Waals surface area contributed by atoms with Crippen molar-refractivity contribution in [2.24, 2.45) is 0 Å². The molecule has 0 unspecified atom stereocenters. The minimum Gasteiger partial charge on any atom is -0.494 e. The number of thiazole rings is 1. The number of ether oxygens (including phenoxy) is 1. The number of aliphatic hydroxyl groups is 1. The number of hydrogen-bond donors (Lipinski definition) is 1. The molecule has 0 atom stereocenters. The molecule has 0 saturated carbocycles. The summed E-state index contributed by atoms with van der Waals surface area (Å²) in [5.74, 6) is 0.922. The number of aliphatic hydroxyl groups excluding tert-OH is 1. The second-order valence-electron chi connectivity index (χ2n) is 4.32. The summed E-state index contributed by atoms with van der Waals surface area (Å²) in [6.45, 7) is 0.952. The zero-order valence-corrected chi connectivity index (χ0v) is 11.7. The molecule has 0 radical (unpaired) electrons. The van der Waals surface area contributed by atoms with E-state index in [2.05, 4.69) is 10.4 Å². The highest BCUT2D eigenvalue weighted by Gasteiger charge is 2.02. The molecule has 0 bridgehead atoms. The summed E-state index contributed by atoms with van der Waals surface area (Å²) in [5.41, 5.74) is 1.10. The van der Waals surface area contributed by atoms with Gasteiger partial charge in [-0.1, -0.05) is 18.2 Å². The van der Waals surface area contributed by atoms with E-state index in [4.69, 9.17) is 9.84 Å². The van der Waals surface area contributed by atoms with Crippen LogP contribution in [-0.4, -0.2) is 23.3 Å². The van der Waals surface area contributed by atoms with Crippen LogP contribution in [0.2, 0.25) is 0 Å². The summed E-state index contributed by atoms with van der Waals surface area (Å²) < 4.78 is 5.64. The van der Waals surface area contributed by atoms with Gasteiger partial charge in [0.2, 0.25) is 0 Å². The SMILES string of the molecule is OCCCc1csc(CCCOc2ccccc2)n1. The van der Waals surface area contributed by atoms with E-state index >= 15 is 0 Å². The molecule has 1 aromatic carbocycles. The van der Waals surface area contributed by atoms with Crippen molar-refractivity contribution in [3.63, 3.8) is 0 Å². The van der Waals surface area contributed by atoms with Crippen LogP contribution < -0.4 is 4.74 Å². The Bertz CT molecular complexity index is 470. The first-order valence-electron chi connectivity index (χ1n) is 6.60. The number of benzene rings is 1. The zero-order valence-electron chi connectivity index (χ0n) is 10.9. The average molecular weight is 277 g/mol. The second kappa shape index (κ2) is 7.92. The fourth-order valence-electron chi connectivity index (χ4n) is 1.77. The van der Waals surface area contributed by atoms with E-state index in [1.807, 2.05) is 30.3 Å². The smallest absolute Gasteiger partial charge is 0.119 e. The maximum Gasteiger partial charge on any atom is 0.119 e. The summed E-state index contributed by atoms with van der Waals surface area (Å²) in [4.78, 5) is 4.54. The fraction of sp³-hybridized carbons (Fsp3) is 0.400. The molecule has 4 heteroatoms. The van der Waals surface area contributed by atoms with Crippen molar-refractivity contribution in [3.8, 4) is 5.75 Å². The Kier molecular flexibility index (Phi) is 5.85. The minimum absolute atomic E-state index is 0.234. The van der Waals surface area contributed by atoms with Gasteiger partial charge in [0.05, 0.1) is 17.3 Å². The highest BCUT2D eigenvalue weighted by molar-refractivity contribution is 7.09. The van der Waals surface area contributed by atoms with Crippen LogP contribution in [0.15, 0.2) is 35.7 Å². The van der Waals surface area contributed by atoms with Crippen LogP contribution in [0.1, 0.15) is 23.5 Å². The van der Waals surface area contributed by atoms with Crippen molar-refractivity contribution < 1.29 is 9.84 Å². The highest BCUT2D eigenvalue weighted by atomic mass is 32.1. The van der Waals surface area contributed by atoms with Crippen molar-refractivity contribution in [2.75, 3.05) is 13.2 Å². The first kappa shape index (κ1) is 14.0. The van der Waals surface area contributed by atoms with Gasteiger partial charge in [0.1, 0.15) is 5.75 Å². The Morgan fingerprint density at radius 2 is 1.95 bits per heavy atom. The maximum absolute atomic E-state index is 8.78. The molecule has 1 heterocycles. The number of hydrogen-bond acceptors (Lipinski definition) is 4. The Balaban J connectivity index is 1.66. The third-order valence-electron chi connectivity index (χ3n) is 2.74. The van der Waals surface area contributed by atoms with Crippen LogP contribution in [0.25, 0.3) is 0 Å². The van der Waals surface area contributed by atoms with Gasteiger partial charge in [-0.3, -0.25) is 0 Å². The van der Waals surface area contributed by atoms with Crippen molar-refractivity contribution in [2.45, 2.75) is 25.7 Å². The number of nitrogens with zero attached hydrogens (tertiary/aromatic N) is 1. The molecule has 0 amide bonds. The van der Waals surface area contributed by atoms with Gasteiger partial charge in [0, 0.05) is 18.4 Å². The fourth-order valence-corrected chi connectivity index (χ4v) is 2.64. The molecule has 0 aliphatic carbocycles. The average Bonchev–Trinajstić information content (AvgIpc) is 2.90. The third kappa shape index (κ3) is 5.01. The van der Waals surface area contributed by atoms with Gasteiger partial charge in [0.25, 0.3) is 0 Å². The van der Waals surface area contributed by atoms with Crippen LogP contribution in [0.5, 0.6) is 5.75 Å². The summed E-state index contributed by atoms with van der Waals surface area (Å²) >= 11 is 1.70. The summed E-state index contributed by atoms with van der Waals surface area (Å²) in [5, 5.41) is 12.0. The van der Waals surface area contributed by atoms with E-state index < -0.39 is 0 Å². The molecule has 1 aromatic heterocycles. The van der Waals surface area contributed by atoms with Gasteiger partial charge >= 0.3 is 0 Å². The molecular weight excluding hydrogens is 258 g/mol. The molecule has 0 spiro atoms. The first-order chi connectivity index (χ1) is 9.38. The third-order valence-corrected chi connectivity index (χ3v) is 3.69. The molecule has 0 aliphatic rings. The lowest BCUT2D eigenvalue weighted by Crippen LogP contribution is -1.99. The molecule has 2 rings (SSSR count). The lowest BCUT2D eigenvalue weighted by molar-refractivity contribution is 0.288. The highest BCUT2D eigenvalue weighted by Crippen LogP contribution is 2.14. The standard InChI is InChI=1S/C15H19NO2S/c17-10-4-6-13-12-19-15(16-13)9-5-11-18-14-7-2-1-3-8-14/h1-3,7-8,12,17H,4-6,9-11H2. The molecular formula is C15H19NO2S. The Morgan fingerprint density at radius 3 is 2.74 bits per heavy atom. The molecule has 19 heavy (non-hydrogen) atoms. The molecule has 0 saturated heterocycles.